The summed E-state index contributed by atoms with van der Waals surface area (Å²) >= 11 is 0. The highest BCUT2D eigenvalue weighted by Gasteiger charge is 2.18. The third-order valence-corrected chi connectivity index (χ3v) is 6.05. The molecule has 172 valence electrons. The highest BCUT2D eigenvalue weighted by Crippen LogP contribution is 2.28. The maximum Gasteiger partial charge on any atom is 0.340 e. The van der Waals surface area contributed by atoms with Gasteiger partial charge in [-0.25, -0.2) is 18.2 Å². The van der Waals surface area contributed by atoms with Gasteiger partial charge in [0.05, 0.1) is 10.6 Å². The van der Waals surface area contributed by atoms with Gasteiger partial charge in [0.1, 0.15) is 5.84 Å². The molecule has 0 aromatic heterocycles. The number of sulfone groups is 1. The second kappa shape index (κ2) is 9.74. The van der Waals surface area contributed by atoms with Crippen LogP contribution in [0.5, 0.6) is 0 Å². The fourth-order valence-corrected chi connectivity index (χ4v) is 4.17. The van der Waals surface area contributed by atoms with E-state index in [4.69, 9.17) is 11.1 Å². The molecule has 0 saturated carbocycles. The summed E-state index contributed by atoms with van der Waals surface area (Å²) in [6, 6.07) is 20.2. The van der Waals surface area contributed by atoms with Crippen molar-refractivity contribution in [2.45, 2.75) is 24.8 Å². The van der Waals surface area contributed by atoms with Crippen LogP contribution in [0.3, 0.4) is 0 Å². The molecular formula is C24H27N5O3S. The van der Waals surface area contributed by atoms with Gasteiger partial charge in [0.25, 0.3) is 0 Å². The quantitative estimate of drug-likeness (QED) is 0.235. The maximum atomic E-state index is 12.9. The number of nitrogens with zero attached hydrogens (tertiary/aromatic N) is 1. The van der Waals surface area contributed by atoms with E-state index >= 15 is 0 Å². The lowest BCUT2D eigenvalue weighted by Gasteiger charge is -2.28. The third-order valence-electron chi connectivity index (χ3n) is 4.89. The molecule has 0 heterocycles. The van der Waals surface area contributed by atoms with Crippen LogP contribution in [0.1, 0.15) is 19.4 Å². The lowest BCUT2D eigenvalue weighted by Crippen LogP contribution is -2.44. The predicted octanol–water partition coefficient (Wildman–Crippen LogP) is 4.31. The number of nitrogen functional groups attached to an aromatic ring is 1. The first kappa shape index (κ1) is 23.8. The third kappa shape index (κ3) is 5.89. The molecule has 5 N–H and O–H groups in total. The molecule has 0 spiro atoms. The first-order chi connectivity index (χ1) is 15.6. The van der Waals surface area contributed by atoms with Crippen molar-refractivity contribution in [1.29, 1.82) is 5.41 Å². The summed E-state index contributed by atoms with van der Waals surface area (Å²) in [5, 5.41) is 11.9. The van der Waals surface area contributed by atoms with E-state index < -0.39 is 9.84 Å². The van der Waals surface area contributed by atoms with Gasteiger partial charge >= 0.3 is 6.03 Å². The molecule has 3 rings (SSSR count). The van der Waals surface area contributed by atoms with Crippen LogP contribution in [-0.2, 0) is 9.84 Å². The summed E-state index contributed by atoms with van der Waals surface area (Å²) in [5.74, 6) is -0.0586. The second-order valence-corrected chi connectivity index (χ2v) is 9.83. The summed E-state index contributed by atoms with van der Waals surface area (Å²) in [6.45, 7) is 3.74. The predicted molar refractivity (Wildman–Crippen MR) is 132 cm³/mol. The Labute approximate surface area is 193 Å². The van der Waals surface area contributed by atoms with E-state index in [0.717, 1.165) is 5.56 Å². The minimum atomic E-state index is -3.38. The SMILES string of the molecule is CC(C)N(Nc1cccc(C(=N)N)c1)C(=O)Nc1ccc(-c2ccccc2S(C)(=O)=O)cc1. The summed E-state index contributed by atoms with van der Waals surface area (Å²) in [4.78, 5) is 13.2. The highest BCUT2D eigenvalue weighted by atomic mass is 32.2. The van der Waals surface area contributed by atoms with E-state index in [1.54, 1.807) is 72.8 Å². The van der Waals surface area contributed by atoms with Crippen molar-refractivity contribution < 1.29 is 13.2 Å². The fraction of sp³-hybridized carbons (Fsp3) is 0.167. The normalized spacial score (nSPS) is 11.2. The Balaban J connectivity index is 1.78. The zero-order valence-corrected chi connectivity index (χ0v) is 19.5. The largest absolute Gasteiger partial charge is 0.384 e. The van der Waals surface area contributed by atoms with Crippen LogP contribution in [0.15, 0.2) is 77.7 Å². The van der Waals surface area contributed by atoms with Crippen LogP contribution in [0, 0.1) is 5.41 Å². The lowest BCUT2D eigenvalue weighted by molar-refractivity contribution is 0.210. The number of hydrazine groups is 1. The van der Waals surface area contributed by atoms with Crippen LogP contribution in [-0.4, -0.2) is 37.6 Å². The Bertz CT molecular complexity index is 1270. The number of carbonyl (C=O) groups excluding carboxylic acids is 1. The Morgan fingerprint density at radius 3 is 2.24 bits per heavy atom. The van der Waals surface area contributed by atoms with Crippen molar-refractivity contribution in [3.05, 3.63) is 78.4 Å². The van der Waals surface area contributed by atoms with Crippen molar-refractivity contribution in [2.24, 2.45) is 5.73 Å². The number of benzene rings is 3. The standard InChI is InChI=1S/C24H27N5O3S/c1-16(2)29(28-20-8-6-7-18(15-20)23(25)26)24(30)27-19-13-11-17(12-14-19)21-9-4-5-10-22(21)33(3,31)32/h4-16,28H,1-3H3,(H3,25,26)(H,27,30). The number of anilines is 2. The number of nitrogens with one attached hydrogen (secondary N) is 3. The molecule has 0 aliphatic carbocycles. The van der Waals surface area contributed by atoms with E-state index in [1.165, 1.54) is 11.3 Å². The Hall–Kier alpha value is -3.85. The van der Waals surface area contributed by atoms with Gasteiger partial charge in [0.15, 0.2) is 9.84 Å². The molecule has 0 bridgehead atoms. The number of carbonyl (C=O) groups is 1. The summed E-state index contributed by atoms with van der Waals surface area (Å²) in [6.07, 6.45) is 1.18. The van der Waals surface area contributed by atoms with Crippen LogP contribution >= 0.6 is 0 Å². The number of amides is 2. The molecule has 3 aromatic rings. The molecule has 0 fully saturated rings. The first-order valence-corrected chi connectivity index (χ1v) is 12.2. The van der Waals surface area contributed by atoms with Crippen LogP contribution in [0.2, 0.25) is 0 Å². The number of rotatable bonds is 7. The first-order valence-electron chi connectivity index (χ1n) is 10.3. The number of nitrogens with two attached hydrogens (primary N) is 1. The molecule has 8 nitrogen and oxygen atoms in total. The van der Waals surface area contributed by atoms with E-state index in [-0.39, 0.29) is 22.8 Å². The fourth-order valence-electron chi connectivity index (χ4n) is 3.26. The molecule has 0 saturated heterocycles. The van der Waals surface area contributed by atoms with E-state index in [9.17, 15) is 13.2 Å². The van der Waals surface area contributed by atoms with Crippen molar-refractivity contribution in [1.82, 2.24) is 5.01 Å². The van der Waals surface area contributed by atoms with Gasteiger partial charge in [-0.05, 0) is 49.7 Å². The maximum absolute atomic E-state index is 12.9. The zero-order chi connectivity index (χ0) is 24.2. The molecule has 33 heavy (non-hydrogen) atoms. The topological polar surface area (TPSA) is 128 Å². The van der Waals surface area contributed by atoms with Crippen molar-refractivity contribution in [3.8, 4) is 11.1 Å². The van der Waals surface area contributed by atoms with Crippen LogP contribution < -0.4 is 16.5 Å². The molecule has 0 aliphatic rings. The minimum absolute atomic E-state index is 0.0586. The number of urea groups is 1. The molecule has 0 atom stereocenters. The van der Waals surface area contributed by atoms with Gasteiger partial charge in [-0.15, -0.1) is 0 Å². The molecule has 9 heteroatoms. The van der Waals surface area contributed by atoms with Crippen LogP contribution in [0.4, 0.5) is 16.2 Å². The molecule has 3 aromatic carbocycles. The van der Waals surface area contributed by atoms with Gasteiger partial charge in [-0.2, -0.15) is 0 Å². The second-order valence-electron chi connectivity index (χ2n) is 7.85. The van der Waals surface area contributed by atoms with Gasteiger partial charge in [0.2, 0.25) is 0 Å². The molecule has 2 amide bonds. The van der Waals surface area contributed by atoms with Crippen molar-refractivity contribution in [2.75, 3.05) is 17.0 Å². The van der Waals surface area contributed by atoms with Gasteiger partial charge in [0, 0.05) is 29.1 Å². The summed E-state index contributed by atoms with van der Waals surface area (Å²) in [7, 11) is -3.38. The van der Waals surface area contributed by atoms with Crippen LogP contribution in [0.25, 0.3) is 11.1 Å². The molecule has 0 radical (unpaired) electrons. The Morgan fingerprint density at radius 1 is 0.970 bits per heavy atom. The highest BCUT2D eigenvalue weighted by molar-refractivity contribution is 7.90. The molecular weight excluding hydrogens is 438 g/mol. The number of hydrogen-bond donors (Lipinski definition) is 4. The van der Waals surface area contributed by atoms with Gasteiger partial charge in [-0.1, -0.05) is 42.5 Å². The van der Waals surface area contributed by atoms with Gasteiger partial charge in [-0.3, -0.25) is 10.8 Å². The van der Waals surface area contributed by atoms with Gasteiger partial charge < -0.3 is 11.1 Å². The Kier molecular flexibility index (Phi) is 7.03. The average molecular weight is 466 g/mol. The average Bonchev–Trinajstić information content (AvgIpc) is 2.77. The monoisotopic (exact) mass is 465 g/mol. The molecule has 0 unspecified atom stereocenters. The zero-order valence-electron chi connectivity index (χ0n) is 18.7. The Morgan fingerprint density at radius 2 is 1.64 bits per heavy atom. The molecule has 0 aliphatic heterocycles. The summed E-state index contributed by atoms with van der Waals surface area (Å²) < 4.78 is 24.2. The van der Waals surface area contributed by atoms with E-state index in [1.807, 2.05) is 13.8 Å². The lowest BCUT2D eigenvalue weighted by atomic mass is 10.1. The number of hydrogen-bond acceptors (Lipinski definition) is 5. The van der Waals surface area contributed by atoms with Crippen molar-refractivity contribution in [3.63, 3.8) is 0 Å². The number of amidine groups is 1. The van der Waals surface area contributed by atoms with Crippen molar-refractivity contribution >= 4 is 33.1 Å². The van der Waals surface area contributed by atoms with E-state index in [0.29, 0.717) is 22.5 Å². The minimum Gasteiger partial charge on any atom is -0.384 e. The summed E-state index contributed by atoms with van der Waals surface area (Å²) in [5.41, 5.74) is 11.7. The smallest absolute Gasteiger partial charge is 0.340 e. The van der Waals surface area contributed by atoms with E-state index in [2.05, 4.69) is 10.7 Å².